The molecule has 0 fully saturated rings. The van der Waals surface area contributed by atoms with Crippen molar-refractivity contribution in [1.82, 2.24) is 0 Å². The lowest BCUT2D eigenvalue weighted by molar-refractivity contribution is 0.0581. The Kier molecular flexibility index (Phi) is 5.34. The topological polar surface area (TPSA) is 48.0 Å². The average Bonchev–Trinajstić information content (AvgIpc) is 2.87. The zero-order chi connectivity index (χ0) is 21.6. The minimum atomic E-state index is -3.15. The summed E-state index contributed by atoms with van der Waals surface area (Å²) in [7, 11) is -1.07. The van der Waals surface area contributed by atoms with E-state index in [9.17, 15) is 4.57 Å². The van der Waals surface area contributed by atoms with Crippen molar-refractivity contribution >= 4 is 19.4 Å². The van der Waals surface area contributed by atoms with Crippen LogP contribution in [0.15, 0.2) is 48.5 Å². The number of likely N-dealkylation sites (N-methyl/N-ethyl adjacent to an activating group) is 1. The molecule has 4 rings (SSSR count). The van der Waals surface area contributed by atoms with Gasteiger partial charge >= 0.3 is 7.60 Å². The van der Waals surface area contributed by atoms with Gasteiger partial charge in [0.1, 0.15) is 5.75 Å². The molecule has 0 bridgehead atoms. The summed E-state index contributed by atoms with van der Waals surface area (Å²) >= 11 is 0. The summed E-state index contributed by atoms with van der Waals surface area (Å²) in [5.41, 5.74) is 3.50. The highest BCUT2D eigenvalue weighted by Gasteiger charge is 2.57. The lowest BCUT2D eigenvalue weighted by Crippen LogP contribution is -2.58. The predicted octanol–water partition coefficient (Wildman–Crippen LogP) is 5.98. The molecule has 2 aromatic carbocycles. The van der Waals surface area contributed by atoms with Crippen LogP contribution in [0.1, 0.15) is 44.4 Å². The highest BCUT2D eigenvalue weighted by Crippen LogP contribution is 2.55. The van der Waals surface area contributed by atoms with Gasteiger partial charge in [0.25, 0.3) is 0 Å². The summed E-state index contributed by atoms with van der Waals surface area (Å²) in [6.45, 7) is 8.81. The maximum Gasteiger partial charge on any atom is 0.335 e. The van der Waals surface area contributed by atoms with Gasteiger partial charge in [-0.1, -0.05) is 24.3 Å². The Morgan fingerprint density at radius 2 is 1.77 bits per heavy atom. The molecule has 30 heavy (non-hydrogen) atoms. The van der Waals surface area contributed by atoms with Gasteiger partial charge in [-0.25, -0.2) is 0 Å². The van der Waals surface area contributed by atoms with E-state index in [-0.39, 0.29) is 11.6 Å². The monoisotopic (exact) mass is 427 g/mol. The third-order valence-corrected chi connectivity index (χ3v) is 8.24. The van der Waals surface area contributed by atoms with Crippen molar-refractivity contribution in [3.05, 3.63) is 65.2 Å². The van der Waals surface area contributed by atoms with Gasteiger partial charge in [0, 0.05) is 18.3 Å². The van der Waals surface area contributed by atoms with Crippen LogP contribution in [0.5, 0.6) is 5.75 Å². The molecule has 0 saturated carbocycles. The first-order valence-corrected chi connectivity index (χ1v) is 12.2. The molecule has 0 unspecified atom stereocenters. The van der Waals surface area contributed by atoms with Gasteiger partial charge in [-0.15, -0.1) is 0 Å². The highest BCUT2D eigenvalue weighted by molar-refractivity contribution is 7.53. The van der Waals surface area contributed by atoms with Gasteiger partial charge in [0.05, 0.1) is 24.8 Å². The second-order valence-electron chi connectivity index (χ2n) is 8.31. The summed E-state index contributed by atoms with van der Waals surface area (Å²) in [6, 6.07) is 14.4. The van der Waals surface area contributed by atoms with Crippen LogP contribution in [0.25, 0.3) is 6.08 Å². The van der Waals surface area contributed by atoms with E-state index in [2.05, 4.69) is 62.2 Å². The molecule has 6 heteroatoms. The first kappa shape index (κ1) is 21.2. The molecule has 1 spiro atoms. The van der Waals surface area contributed by atoms with E-state index in [0.717, 1.165) is 16.9 Å². The van der Waals surface area contributed by atoms with Gasteiger partial charge in [0.2, 0.25) is 5.72 Å². The van der Waals surface area contributed by atoms with Crippen molar-refractivity contribution in [2.75, 3.05) is 25.2 Å². The van der Waals surface area contributed by atoms with E-state index in [0.29, 0.717) is 13.2 Å². The Hall–Kier alpha value is -2.07. The van der Waals surface area contributed by atoms with Gasteiger partial charge in [-0.3, -0.25) is 4.57 Å². The number of nitrogens with zero attached hydrogens (tertiary/aromatic N) is 1. The molecular formula is C24H30NO4P. The van der Waals surface area contributed by atoms with Crippen molar-refractivity contribution in [3.8, 4) is 5.75 Å². The van der Waals surface area contributed by atoms with Gasteiger partial charge in [-0.05, 0) is 69.2 Å². The molecule has 0 N–H and O–H groups in total. The number of hydrogen-bond acceptors (Lipinski definition) is 5. The number of rotatable bonds is 6. The summed E-state index contributed by atoms with van der Waals surface area (Å²) in [4.78, 5) is 2.22. The van der Waals surface area contributed by atoms with Crippen molar-refractivity contribution < 1.29 is 18.3 Å². The molecule has 0 aromatic heterocycles. The molecule has 5 nitrogen and oxygen atoms in total. The van der Waals surface area contributed by atoms with E-state index in [4.69, 9.17) is 13.8 Å². The first-order chi connectivity index (χ1) is 14.3. The number of benzene rings is 2. The van der Waals surface area contributed by atoms with Crippen molar-refractivity contribution in [2.45, 2.75) is 45.0 Å². The van der Waals surface area contributed by atoms with Crippen LogP contribution in [0.4, 0.5) is 5.69 Å². The summed E-state index contributed by atoms with van der Waals surface area (Å²) in [5, 5.41) is 0. The third kappa shape index (κ3) is 3.20. The second kappa shape index (κ2) is 7.56. The lowest BCUT2D eigenvalue weighted by atomic mass is 9.76. The molecular weight excluding hydrogens is 397 g/mol. The molecule has 0 amide bonds. The molecule has 2 aliphatic heterocycles. The second-order valence-corrected chi connectivity index (χ2v) is 10.4. The third-order valence-electron chi connectivity index (χ3n) is 6.19. The van der Waals surface area contributed by atoms with Crippen LogP contribution >= 0.6 is 7.60 Å². The lowest BCUT2D eigenvalue weighted by Gasteiger charge is -2.45. The van der Waals surface area contributed by atoms with Crippen LogP contribution in [0.3, 0.4) is 0 Å². The van der Waals surface area contributed by atoms with E-state index < -0.39 is 13.3 Å². The zero-order valence-electron chi connectivity index (χ0n) is 18.3. The Bertz CT molecular complexity index is 1020. The zero-order valence-corrected chi connectivity index (χ0v) is 19.2. The molecule has 0 radical (unpaired) electrons. The minimum absolute atomic E-state index is 0.231. The van der Waals surface area contributed by atoms with Crippen LogP contribution in [0, 0.1) is 0 Å². The van der Waals surface area contributed by atoms with E-state index in [1.165, 1.54) is 11.3 Å². The molecule has 2 heterocycles. The maximum absolute atomic E-state index is 12.9. The number of ether oxygens (including phenoxy) is 1. The van der Waals surface area contributed by atoms with Crippen molar-refractivity contribution in [1.29, 1.82) is 0 Å². The Labute approximate surface area is 179 Å². The van der Waals surface area contributed by atoms with Crippen LogP contribution in [0.2, 0.25) is 0 Å². The summed E-state index contributed by atoms with van der Waals surface area (Å²) < 4.78 is 30.5. The van der Waals surface area contributed by atoms with Crippen LogP contribution in [-0.2, 0) is 25.2 Å². The number of anilines is 1. The average molecular weight is 427 g/mol. The van der Waals surface area contributed by atoms with Crippen LogP contribution < -0.4 is 9.64 Å². The largest absolute Gasteiger partial charge is 0.463 e. The quantitative estimate of drug-likeness (QED) is 0.531. The molecule has 2 aliphatic rings. The van der Waals surface area contributed by atoms with E-state index in [1.54, 1.807) is 0 Å². The van der Waals surface area contributed by atoms with Gasteiger partial charge < -0.3 is 18.7 Å². The van der Waals surface area contributed by atoms with Gasteiger partial charge in [-0.2, -0.15) is 0 Å². The fraction of sp³-hybridized carbons (Fsp3) is 0.417. The Balaban J connectivity index is 1.66. The van der Waals surface area contributed by atoms with E-state index >= 15 is 0 Å². The number of hydrogen-bond donors (Lipinski definition) is 0. The molecule has 1 atom stereocenters. The van der Waals surface area contributed by atoms with Gasteiger partial charge in [0.15, 0.2) is 0 Å². The highest BCUT2D eigenvalue weighted by atomic mass is 31.2. The maximum atomic E-state index is 12.9. The summed E-state index contributed by atoms with van der Waals surface area (Å²) in [6.07, 6.45) is 4.50. The molecule has 160 valence electrons. The molecule has 0 aliphatic carbocycles. The van der Waals surface area contributed by atoms with Crippen molar-refractivity contribution in [2.24, 2.45) is 0 Å². The standard InChI is InChI=1S/C24H30NO4P/c1-6-27-30(26,28-7-2)17-18-12-13-22-19(16-18)14-15-24(29-22)23(3,4)20-10-8-9-11-21(20)25(24)5/h8-16H,6-7,17H2,1-5H3/t24-/m1/s1. The SMILES string of the molecule is CCOP(=O)(Cc1ccc2c(c1)C=C[C@]1(O2)N(C)c2ccccc2C1(C)C)OCC. The summed E-state index contributed by atoms with van der Waals surface area (Å²) in [5.74, 6) is 0.816. The number of fused-ring (bicyclic) bond motifs is 2. The minimum Gasteiger partial charge on any atom is -0.463 e. The fourth-order valence-electron chi connectivity index (χ4n) is 4.67. The first-order valence-electron chi connectivity index (χ1n) is 10.5. The Morgan fingerprint density at radius 3 is 2.43 bits per heavy atom. The normalized spacial score (nSPS) is 21.4. The molecule has 2 aromatic rings. The predicted molar refractivity (Wildman–Crippen MR) is 121 cm³/mol. The van der Waals surface area contributed by atoms with Crippen molar-refractivity contribution in [3.63, 3.8) is 0 Å². The Morgan fingerprint density at radius 1 is 1.07 bits per heavy atom. The van der Waals surface area contributed by atoms with Crippen LogP contribution in [-0.4, -0.2) is 26.0 Å². The van der Waals surface area contributed by atoms with E-state index in [1.807, 2.05) is 32.0 Å². The smallest absolute Gasteiger partial charge is 0.335 e. The molecule has 0 saturated heterocycles. The number of para-hydroxylation sites is 1. The fourth-order valence-corrected chi connectivity index (χ4v) is 6.36.